The Balaban J connectivity index is 1.76. The van der Waals surface area contributed by atoms with Gasteiger partial charge < -0.3 is 4.90 Å². The summed E-state index contributed by atoms with van der Waals surface area (Å²) in [7, 11) is -4.22. The van der Waals surface area contributed by atoms with Gasteiger partial charge in [-0.1, -0.05) is 11.6 Å². The Hall–Kier alpha value is -2.26. The number of benzene rings is 2. The number of hydrogen-bond acceptors (Lipinski definition) is 3. The fourth-order valence-electron chi connectivity index (χ4n) is 3.80. The molecule has 0 aliphatic carbocycles. The minimum atomic E-state index is -4.64. The number of hydrogen-bond donors (Lipinski definition) is 1. The maximum absolute atomic E-state index is 13.0. The summed E-state index contributed by atoms with van der Waals surface area (Å²) in [5, 5.41) is -0.154. The van der Waals surface area contributed by atoms with Gasteiger partial charge >= 0.3 is 6.18 Å². The summed E-state index contributed by atoms with van der Waals surface area (Å²) in [6.45, 7) is 2.30. The van der Waals surface area contributed by atoms with Crippen molar-refractivity contribution in [3.8, 4) is 0 Å². The molecule has 0 unspecified atom stereocenters. The molecular formula is C19H16ClF3N2O3S. The summed E-state index contributed by atoms with van der Waals surface area (Å²) >= 11 is 5.92. The number of amides is 1. The molecule has 0 fully saturated rings. The van der Waals surface area contributed by atoms with Gasteiger partial charge in [0.25, 0.3) is 10.0 Å². The zero-order valence-corrected chi connectivity index (χ0v) is 16.7. The Morgan fingerprint density at radius 3 is 2.62 bits per heavy atom. The van der Waals surface area contributed by atoms with Crippen LogP contribution in [0.15, 0.2) is 35.2 Å². The van der Waals surface area contributed by atoms with E-state index in [1.807, 2.05) is 0 Å². The quantitative estimate of drug-likeness (QED) is 0.755. The van der Waals surface area contributed by atoms with Crippen molar-refractivity contribution in [2.75, 3.05) is 16.2 Å². The summed E-state index contributed by atoms with van der Waals surface area (Å²) in [5.74, 6) is -0.557. The fourth-order valence-corrected chi connectivity index (χ4v) is 5.18. The van der Waals surface area contributed by atoms with Crippen LogP contribution in [-0.2, 0) is 27.4 Å². The van der Waals surface area contributed by atoms with Crippen molar-refractivity contribution in [1.29, 1.82) is 0 Å². The Labute approximate surface area is 170 Å². The average Bonchev–Trinajstić information content (AvgIpc) is 2.89. The van der Waals surface area contributed by atoms with Gasteiger partial charge in [0.1, 0.15) is 0 Å². The Morgan fingerprint density at radius 1 is 1.21 bits per heavy atom. The topological polar surface area (TPSA) is 66.5 Å². The first-order valence-corrected chi connectivity index (χ1v) is 10.7. The monoisotopic (exact) mass is 444 g/mol. The molecule has 2 aliphatic rings. The van der Waals surface area contributed by atoms with Gasteiger partial charge in [0.05, 0.1) is 32.8 Å². The molecule has 1 atom stereocenters. The third-order valence-corrected chi connectivity index (χ3v) is 6.92. The highest BCUT2D eigenvalue weighted by Crippen LogP contribution is 2.44. The van der Waals surface area contributed by atoms with E-state index in [0.717, 1.165) is 23.4 Å². The highest BCUT2D eigenvalue weighted by molar-refractivity contribution is 7.92. The molecule has 0 saturated heterocycles. The van der Waals surface area contributed by atoms with Crippen LogP contribution < -0.4 is 9.62 Å². The second kappa shape index (κ2) is 6.63. The van der Waals surface area contributed by atoms with E-state index in [1.54, 1.807) is 11.8 Å². The normalized spacial score (nSPS) is 18.7. The van der Waals surface area contributed by atoms with E-state index in [0.29, 0.717) is 31.0 Å². The van der Waals surface area contributed by atoms with E-state index >= 15 is 0 Å². The standard InChI is InChI=1S/C19H16ClF3N2O3S/c1-10-14-9-13(7-11-3-2-6-25(17(11)14)18(10)26)29(27,28)24-16-8-12(19(21,22)23)4-5-15(16)20/h4-5,7-10,24H,2-3,6H2,1H3/t10-/m0/s1. The second-order valence-electron chi connectivity index (χ2n) is 7.13. The molecule has 29 heavy (non-hydrogen) atoms. The van der Waals surface area contributed by atoms with Gasteiger partial charge in [-0.25, -0.2) is 8.42 Å². The number of rotatable bonds is 3. The molecule has 0 bridgehead atoms. The van der Waals surface area contributed by atoms with E-state index in [9.17, 15) is 26.4 Å². The Morgan fingerprint density at radius 2 is 1.93 bits per heavy atom. The molecule has 1 N–H and O–H groups in total. The van der Waals surface area contributed by atoms with E-state index in [1.165, 1.54) is 12.1 Å². The lowest BCUT2D eigenvalue weighted by Crippen LogP contribution is -2.32. The van der Waals surface area contributed by atoms with Crippen LogP contribution >= 0.6 is 11.6 Å². The highest BCUT2D eigenvalue weighted by atomic mass is 35.5. The predicted octanol–water partition coefficient (Wildman–Crippen LogP) is 4.56. The number of nitrogens with zero attached hydrogens (tertiary/aromatic N) is 1. The number of nitrogens with one attached hydrogen (secondary N) is 1. The molecule has 0 saturated carbocycles. The molecular weight excluding hydrogens is 429 g/mol. The summed E-state index contributed by atoms with van der Waals surface area (Å²) in [4.78, 5) is 14.0. The first kappa shape index (κ1) is 20.0. The molecule has 0 aromatic heterocycles. The number of carbonyl (C=O) groups is 1. The van der Waals surface area contributed by atoms with Crippen LogP contribution in [0.2, 0.25) is 5.02 Å². The van der Waals surface area contributed by atoms with E-state index < -0.39 is 27.7 Å². The van der Waals surface area contributed by atoms with E-state index in [4.69, 9.17) is 11.6 Å². The van der Waals surface area contributed by atoms with Crippen molar-refractivity contribution in [3.05, 3.63) is 52.0 Å². The number of sulfonamides is 1. The van der Waals surface area contributed by atoms with Crippen LogP contribution in [-0.4, -0.2) is 20.9 Å². The van der Waals surface area contributed by atoms with Crippen LogP contribution in [0.5, 0.6) is 0 Å². The number of carbonyl (C=O) groups excluding carboxylic acids is 1. The Bertz CT molecular complexity index is 1130. The number of halogens is 4. The molecule has 154 valence electrons. The number of alkyl halides is 3. The summed E-state index contributed by atoms with van der Waals surface area (Å²) < 4.78 is 66.9. The van der Waals surface area contributed by atoms with Crippen molar-refractivity contribution in [3.63, 3.8) is 0 Å². The first-order chi connectivity index (χ1) is 13.5. The third-order valence-electron chi connectivity index (χ3n) is 5.24. The lowest BCUT2D eigenvalue weighted by molar-refractivity contribution is -0.137. The van der Waals surface area contributed by atoms with Crippen molar-refractivity contribution >= 4 is 38.9 Å². The molecule has 1 amide bonds. The summed E-state index contributed by atoms with van der Waals surface area (Å²) in [5.41, 5.74) is 0.731. The van der Waals surface area contributed by atoms with Gasteiger partial charge in [0, 0.05) is 6.54 Å². The van der Waals surface area contributed by atoms with Gasteiger partial charge in [0.15, 0.2) is 0 Å². The van der Waals surface area contributed by atoms with Crippen LogP contribution in [0.25, 0.3) is 0 Å². The molecule has 0 spiro atoms. The maximum Gasteiger partial charge on any atom is 0.416 e. The van der Waals surface area contributed by atoms with Crippen molar-refractivity contribution < 1.29 is 26.4 Å². The van der Waals surface area contributed by atoms with Gasteiger partial charge in [0.2, 0.25) is 5.91 Å². The molecule has 2 aromatic carbocycles. The minimum Gasteiger partial charge on any atom is -0.311 e. The predicted molar refractivity (Wildman–Crippen MR) is 103 cm³/mol. The van der Waals surface area contributed by atoms with Gasteiger partial charge in [-0.2, -0.15) is 13.2 Å². The zero-order chi connectivity index (χ0) is 21.1. The van der Waals surface area contributed by atoms with Crippen LogP contribution in [0.1, 0.15) is 36.0 Å². The summed E-state index contributed by atoms with van der Waals surface area (Å²) in [6.07, 6.45) is -3.31. The highest BCUT2D eigenvalue weighted by Gasteiger charge is 2.39. The number of aryl methyl sites for hydroxylation is 1. The lowest BCUT2D eigenvalue weighted by atomic mass is 9.97. The van der Waals surface area contributed by atoms with Crippen LogP contribution in [0.4, 0.5) is 24.5 Å². The molecule has 5 nitrogen and oxygen atoms in total. The zero-order valence-electron chi connectivity index (χ0n) is 15.2. The minimum absolute atomic E-state index is 0.0793. The summed E-state index contributed by atoms with van der Waals surface area (Å²) in [6, 6.07) is 5.32. The molecule has 4 rings (SSSR count). The average molecular weight is 445 g/mol. The largest absolute Gasteiger partial charge is 0.416 e. The number of anilines is 2. The molecule has 0 radical (unpaired) electrons. The van der Waals surface area contributed by atoms with E-state index in [2.05, 4.69) is 4.72 Å². The van der Waals surface area contributed by atoms with Gasteiger partial charge in [-0.15, -0.1) is 0 Å². The van der Waals surface area contributed by atoms with Crippen LogP contribution in [0, 0.1) is 0 Å². The first-order valence-electron chi connectivity index (χ1n) is 8.87. The van der Waals surface area contributed by atoms with Gasteiger partial charge in [-0.3, -0.25) is 9.52 Å². The smallest absolute Gasteiger partial charge is 0.311 e. The van der Waals surface area contributed by atoms with Crippen molar-refractivity contribution in [2.24, 2.45) is 0 Å². The molecule has 2 heterocycles. The molecule has 2 aliphatic heterocycles. The van der Waals surface area contributed by atoms with Crippen molar-refractivity contribution in [2.45, 2.75) is 36.8 Å². The molecule has 10 heteroatoms. The third kappa shape index (κ3) is 3.36. The van der Waals surface area contributed by atoms with Crippen LogP contribution in [0.3, 0.4) is 0 Å². The molecule has 2 aromatic rings. The second-order valence-corrected chi connectivity index (χ2v) is 9.22. The Kier molecular flexibility index (Phi) is 4.58. The van der Waals surface area contributed by atoms with E-state index in [-0.39, 0.29) is 21.5 Å². The lowest BCUT2D eigenvalue weighted by Gasteiger charge is -2.26. The van der Waals surface area contributed by atoms with Gasteiger partial charge in [-0.05, 0) is 61.2 Å². The van der Waals surface area contributed by atoms with Crippen molar-refractivity contribution in [1.82, 2.24) is 0 Å². The maximum atomic E-state index is 13.0. The fraction of sp³-hybridized carbons (Fsp3) is 0.316. The SMILES string of the molecule is C[C@@H]1C(=O)N2CCCc3cc(S(=O)(=O)Nc4cc(C(F)(F)F)ccc4Cl)cc1c32.